The molecule has 3 nitrogen and oxygen atoms in total. The van der Waals surface area contributed by atoms with E-state index >= 15 is 0 Å². The van der Waals surface area contributed by atoms with Gasteiger partial charge in [-0.2, -0.15) is 0 Å². The third kappa shape index (κ3) is 2.20. The summed E-state index contributed by atoms with van der Waals surface area (Å²) in [5, 5.41) is 2.62. The molecule has 0 aromatic carbocycles. The number of nitrogens with zero attached hydrogens (tertiary/aromatic N) is 1. The molecule has 0 radical (unpaired) electrons. The number of thiophene rings is 2. The second kappa shape index (κ2) is 4.70. The number of hydrogen-bond donors (Lipinski definition) is 1. The molecule has 0 bridgehead atoms. The number of aromatic amines is 1. The van der Waals surface area contributed by atoms with Gasteiger partial charge in [0.25, 0.3) is 5.56 Å². The number of fused-ring (bicyclic) bond motifs is 1. The molecule has 0 saturated carbocycles. The van der Waals surface area contributed by atoms with Crippen molar-refractivity contribution in [3.05, 3.63) is 48.0 Å². The molecule has 0 saturated heterocycles. The van der Waals surface area contributed by atoms with Gasteiger partial charge in [-0.3, -0.25) is 9.36 Å². The molecule has 3 heterocycles. The van der Waals surface area contributed by atoms with Crippen LogP contribution in [-0.2, 0) is 6.54 Å². The van der Waals surface area contributed by atoms with E-state index in [0.29, 0.717) is 16.7 Å². The molecule has 3 aromatic heterocycles. The molecule has 0 amide bonds. The molecule has 0 aliphatic carbocycles. The van der Waals surface area contributed by atoms with Crippen LogP contribution < -0.4 is 5.56 Å². The summed E-state index contributed by atoms with van der Waals surface area (Å²) in [6, 6.07) is 3.97. The average Bonchev–Trinajstić information content (AvgIpc) is 2.93. The van der Waals surface area contributed by atoms with E-state index < -0.39 is 0 Å². The normalized spacial score (nSPS) is 11.3. The SMILES string of the molecule is Cc1cc(Cn2c(=S)[nH]c3sccc3c2=O)sc1C. The summed E-state index contributed by atoms with van der Waals surface area (Å²) >= 11 is 8.51. The molecule has 0 aliphatic rings. The van der Waals surface area contributed by atoms with E-state index in [2.05, 4.69) is 24.9 Å². The van der Waals surface area contributed by atoms with Gasteiger partial charge in [0, 0.05) is 9.75 Å². The third-order valence-electron chi connectivity index (χ3n) is 3.14. The van der Waals surface area contributed by atoms with Gasteiger partial charge in [0.05, 0.1) is 11.9 Å². The maximum Gasteiger partial charge on any atom is 0.263 e. The van der Waals surface area contributed by atoms with Crippen molar-refractivity contribution in [2.75, 3.05) is 0 Å². The van der Waals surface area contributed by atoms with Crippen LogP contribution in [0.3, 0.4) is 0 Å². The largest absolute Gasteiger partial charge is 0.323 e. The highest BCUT2D eigenvalue weighted by molar-refractivity contribution is 7.71. The Kier molecular flexibility index (Phi) is 3.16. The van der Waals surface area contributed by atoms with Crippen LogP contribution in [0.25, 0.3) is 10.2 Å². The van der Waals surface area contributed by atoms with E-state index in [1.807, 2.05) is 11.4 Å². The fourth-order valence-corrected chi connectivity index (χ4v) is 4.14. The van der Waals surface area contributed by atoms with Crippen LogP contribution in [0.4, 0.5) is 0 Å². The standard InChI is InChI=1S/C13H12N2OS3/c1-7-5-9(19-8(7)2)6-15-12(16)10-3-4-18-11(10)14-13(15)17/h3-5H,6H2,1-2H3,(H,14,17). The molecule has 3 rings (SSSR count). The summed E-state index contributed by atoms with van der Waals surface area (Å²) in [6.07, 6.45) is 0. The molecular weight excluding hydrogens is 296 g/mol. The zero-order chi connectivity index (χ0) is 13.6. The van der Waals surface area contributed by atoms with Gasteiger partial charge in [-0.25, -0.2) is 0 Å². The number of H-pyrrole nitrogens is 1. The van der Waals surface area contributed by atoms with Crippen LogP contribution in [0.2, 0.25) is 0 Å². The minimum Gasteiger partial charge on any atom is -0.323 e. The quantitative estimate of drug-likeness (QED) is 0.730. The van der Waals surface area contributed by atoms with Crippen molar-refractivity contribution in [2.24, 2.45) is 0 Å². The highest BCUT2D eigenvalue weighted by Gasteiger charge is 2.09. The third-order valence-corrected chi connectivity index (χ3v) is 5.43. The predicted molar refractivity (Wildman–Crippen MR) is 84.2 cm³/mol. The minimum absolute atomic E-state index is 0.0105. The first-order valence-corrected chi connectivity index (χ1v) is 7.93. The summed E-state index contributed by atoms with van der Waals surface area (Å²) in [7, 11) is 0. The Morgan fingerprint density at radius 1 is 1.42 bits per heavy atom. The lowest BCUT2D eigenvalue weighted by Gasteiger charge is -2.04. The Hall–Kier alpha value is -1.24. The van der Waals surface area contributed by atoms with Gasteiger partial charge in [0.2, 0.25) is 0 Å². The molecule has 98 valence electrons. The molecule has 0 atom stereocenters. The maximum absolute atomic E-state index is 12.4. The van der Waals surface area contributed by atoms with Crippen molar-refractivity contribution in [1.29, 1.82) is 0 Å². The Morgan fingerprint density at radius 3 is 2.89 bits per heavy atom. The number of rotatable bonds is 2. The van der Waals surface area contributed by atoms with Gasteiger partial charge in [-0.05, 0) is 49.1 Å². The fraction of sp³-hybridized carbons (Fsp3) is 0.231. The zero-order valence-electron chi connectivity index (χ0n) is 10.5. The van der Waals surface area contributed by atoms with Crippen molar-refractivity contribution in [3.63, 3.8) is 0 Å². The first-order chi connectivity index (χ1) is 9.06. The molecule has 3 aromatic rings. The van der Waals surface area contributed by atoms with Gasteiger partial charge >= 0.3 is 0 Å². The number of aryl methyl sites for hydroxylation is 2. The molecule has 19 heavy (non-hydrogen) atoms. The molecule has 0 aliphatic heterocycles. The van der Waals surface area contributed by atoms with Gasteiger partial charge in [0.1, 0.15) is 4.83 Å². The van der Waals surface area contributed by atoms with E-state index in [0.717, 1.165) is 9.71 Å². The van der Waals surface area contributed by atoms with Crippen LogP contribution in [0.5, 0.6) is 0 Å². The molecule has 6 heteroatoms. The van der Waals surface area contributed by atoms with Crippen LogP contribution in [0.15, 0.2) is 22.3 Å². The topological polar surface area (TPSA) is 37.8 Å². The number of hydrogen-bond acceptors (Lipinski definition) is 4. The monoisotopic (exact) mass is 308 g/mol. The van der Waals surface area contributed by atoms with Crippen molar-refractivity contribution < 1.29 is 0 Å². The van der Waals surface area contributed by atoms with E-state index in [4.69, 9.17) is 12.2 Å². The first kappa shape index (κ1) is 12.8. The molecule has 1 N–H and O–H groups in total. The predicted octanol–water partition coefficient (Wildman–Crippen LogP) is 3.85. The Bertz CT molecular complexity index is 847. The maximum atomic E-state index is 12.4. The molecule has 0 spiro atoms. The summed E-state index contributed by atoms with van der Waals surface area (Å²) in [5.74, 6) is 0. The Balaban J connectivity index is 2.14. The van der Waals surface area contributed by atoms with E-state index in [1.165, 1.54) is 21.8 Å². The summed E-state index contributed by atoms with van der Waals surface area (Å²) in [4.78, 5) is 18.8. The van der Waals surface area contributed by atoms with Gasteiger partial charge < -0.3 is 4.98 Å². The smallest absolute Gasteiger partial charge is 0.263 e. The second-order valence-corrected chi connectivity index (χ2v) is 7.08. The zero-order valence-corrected chi connectivity index (χ0v) is 13.0. The van der Waals surface area contributed by atoms with Gasteiger partial charge in [0.15, 0.2) is 4.77 Å². The van der Waals surface area contributed by atoms with Gasteiger partial charge in [-0.15, -0.1) is 22.7 Å². The van der Waals surface area contributed by atoms with E-state index in [1.54, 1.807) is 15.9 Å². The number of nitrogens with one attached hydrogen (secondary N) is 1. The molecule has 0 fully saturated rings. The van der Waals surface area contributed by atoms with Crippen molar-refractivity contribution in [1.82, 2.24) is 9.55 Å². The summed E-state index contributed by atoms with van der Waals surface area (Å²) < 4.78 is 2.12. The van der Waals surface area contributed by atoms with Gasteiger partial charge in [-0.1, -0.05) is 0 Å². The minimum atomic E-state index is -0.0105. The summed E-state index contributed by atoms with van der Waals surface area (Å²) in [5.41, 5.74) is 1.25. The highest BCUT2D eigenvalue weighted by Crippen LogP contribution is 2.21. The van der Waals surface area contributed by atoms with E-state index in [9.17, 15) is 4.79 Å². The molecular formula is C13H12N2OS3. The van der Waals surface area contributed by atoms with Crippen molar-refractivity contribution in [2.45, 2.75) is 20.4 Å². The van der Waals surface area contributed by atoms with Crippen LogP contribution in [-0.4, -0.2) is 9.55 Å². The lowest BCUT2D eigenvalue weighted by molar-refractivity contribution is 0.744. The van der Waals surface area contributed by atoms with Crippen molar-refractivity contribution in [3.8, 4) is 0 Å². The Labute approximate surface area is 123 Å². The lowest BCUT2D eigenvalue weighted by atomic mass is 10.3. The highest BCUT2D eigenvalue weighted by atomic mass is 32.1. The lowest BCUT2D eigenvalue weighted by Crippen LogP contribution is -2.21. The van der Waals surface area contributed by atoms with Crippen LogP contribution >= 0.6 is 34.9 Å². The number of aromatic nitrogens is 2. The summed E-state index contributed by atoms with van der Waals surface area (Å²) in [6.45, 7) is 4.72. The van der Waals surface area contributed by atoms with Crippen LogP contribution in [0, 0.1) is 18.6 Å². The molecule has 0 unspecified atom stereocenters. The first-order valence-electron chi connectivity index (χ1n) is 5.82. The van der Waals surface area contributed by atoms with Crippen molar-refractivity contribution >= 4 is 45.1 Å². The fourth-order valence-electron chi connectivity index (χ4n) is 2.00. The van der Waals surface area contributed by atoms with Crippen LogP contribution in [0.1, 0.15) is 15.3 Å². The second-order valence-electron chi connectivity index (χ2n) is 4.44. The van der Waals surface area contributed by atoms with E-state index in [-0.39, 0.29) is 5.56 Å². The Morgan fingerprint density at radius 2 is 2.21 bits per heavy atom. The average molecular weight is 308 g/mol.